The number of nitro benzene ring substituents is 1. The van der Waals surface area contributed by atoms with E-state index in [2.05, 4.69) is 10.5 Å². The zero-order valence-electron chi connectivity index (χ0n) is 17.9. The maximum absolute atomic E-state index is 12.5. The molecule has 0 unspecified atom stereocenters. The van der Waals surface area contributed by atoms with E-state index < -0.39 is 10.8 Å². The molecule has 0 radical (unpaired) electrons. The summed E-state index contributed by atoms with van der Waals surface area (Å²) in [7, 11) is 0. The molecule has 0 atom stereocenters. The van der Waals surface area contributed by atoms with Gasteiger partial charge in [0.05, 0.1) is 11.1 Å². The van der Waals surface area contributed by atoms with Gasteiger partial charge in [-0.15, -0.1) is 0 Å². The van der Waals surface area contributed by atoms with Gasteiger partial charge in [-0.25, -0.2) is 5.43 Å². The molecule has 1 N–H and O–H groups in total. The molecule has 0 fully saturated rings. The summed E-state index contributed by atoms with van der Waals surface area (Å²) < 4.78 is 7.53. The van der Waals surface area contributed by atoms with Gasteiger partial charge in [0.15, 0.2) is 5.76 Å². The molecule has 0 aliphatic rings. The number of furan rings is 1. The van der Waals surface area contributed by atoms with Crippen LogP contribution < -0.4 is 5.43 Å². The van der Waals surface area contributed by atoms with Gasteiger partial charge in [-0.3, -0.25) is 14.9 Å². The highest BCUT2D eigenvalue weighted by atomic mass is 35.5. The van der Waals surface area contributed by atoms with Crippen LogP contribution in [-0.2, 0) is 6.54 Å². The molecule has 1 amide bonds. The number of para-hydroxylation sites is 1. The van der Waals surface area contributed by atoms with Crippen molar-refractivity contribution in [3.8, 4) is 0 Å². The minimum Gasteiger partial charge on any atom is -0.451 e. The van der Waals surface area contributed by atoms with Crippen LogP contribution in [0, 0.1) is 10.1 Å². The van der Waals surface area contributed by atoms with Crippen LogP contribution in [-0.4, -0.2) is 21.6 Å². The molecule has 174 valence electrons. The van der Waals surface area contributed by atoms with Gasteiger partial charge in [-0.1, -0.05) is 47.5 Å². The van der Waals surface area contributed by atoms with Crippen molar-refractivity contribution in [3.63, 3.8) is 0 Å². The molecule has 35 heavy (non-hydrogen) atoms. The van der Waals surface area contributed by atoms with Crippen LogP contribution in [0.25, 0.3) is 21.9 Å². The highest BCUT2D eigenvalue weighted by Crippen LogP contribution is 2.26. The van der Waals surface area contributed by atoms with E-state index in [1.807, 2.05) is 41.1 Å². The van der Waals surface area contributed by atoms with Crippen LogP contribution in [0.2, 0.25) is 10.0 Å². The number of nitro groups is 1. The van der Waals surface area contributed by atoms with Crippen LogP contribution in [0.3, 0.4) is 0 Å². The third kappa shape index (κ3) is 4.62. The van der Waals surface area contributed by atoms with Crippen molar-refractivity contribution in [3.05, 3.63) is 110 Å². The molecule has 10 heteroatoms. The van der Waals surface area contributed by atoms with Crippen molar-refractivity contribution < 1.29 is 14.1 Å². The first-order valence-corrected chi connectivity index (χ1v) is 11.2. The number of hydrogen-bond donors (Lipinski definition) is 1. The largest absolute Gasteiger partial charge is 0.451 e. The second-order valence-corrected chi connectivity index (χ2v) is 8.60. The standard InChI is InChI=1S/C25H16Cl2N4O4/c26-18-6-5-15(21(27)11-18)13-30-14-17(20-3-1-2-4-22(20)30)12-28-29-25(32)24-10-16-9-19(31(33)34)7-8-23(16)35-24/h1-12,14H,13H2,(H,29,32)/b28-12+. The van der Waals surface area contributed by atoms with Crippen molar-refractivity contribution >= 4 is 62.9 Å². The fourth-order valence-electron chi connectivity index (χ4n) is 3.81. The summed E-state index contributed by atoms with van der Waals surface area (Å²) in [5.74, 6) is -0.575. The maximum Gasteiger partial charge on any atom is 0.307 e. The SMILES string of the molecule is O=C(N/N=C/c1cn(Cc2ccc(Cl)cc2Cl)c2ccccc12)c1cc2cc([N+](=O)[O-])ccc2o1. The lowest BCUT2D eigenvalue weighted by atomic mass is 10.2. The first-order valence-electron chi connectivity index (χ1n) is 10.4. The van der Waals surface area contributed by atoms with Crippen molar-refractivity contribution in [2.75, 3.05) is 0 Å². The van der Waals surface area contributed by atoms with Gasteiger partial charge in [0.25, 0.3) is 5.69 Å². The summed E-state index contributed by atoms with van der Waals surface area (Å²) >= 11 is 12.4. The molecule has 8 nitrogen and oxygen atoms in total. The number of hydrogen-bond acceptors (Lipinski definition) is 5. The Morgan fingerprint density at radius 1 is 1.11 bits per heavy atom. The number of halogens is 2. The average molecular weight is 507 g/mol. The number of nitrogens with zero attached hydrogens (tertiary/aromatic N) is 3. The third-order valence-electron chi connectivity index (χ3n) is 5.48. The molecule has 0 aliphatic carbocycles. The van der Waals surface area contributed by atoms with Crippen molar-refractivity contribution in [1.82, 2.24) is 9.99 Å². The summed E-state index contributed by atoms with van der Waals surface area (Å²) in [6.45, 7) is 0.530. The Morgan fingerprint density at radius 2 is 1.94 bits per heavy atom. The Labute approximate surface area is 208 Å². The van der Waals surface area contributed by atoms with Gasteiger partial charge in [-0.2, -0.15) is 5.10 Å². The van der Waals surface area contributed by atoms with Gasteiger partial charge in [0.1, 0.15) is 5.58 Å². The van der Waals surface area contributed by atoms with E-state index in [-0.39, 0.29) is 11.4 Å². The third-order valence-corrected chi connectivity index (χ3v) is 6.07. The lowest BCUT2D eigenvalue weighted by Gasteiger charge is -2.08. The summed E-state index contributed by atoms with van der Waals surface area (Å²) in [5, 5.41) is 17.6. The minimum atomic E-state index is -0.572. The van der Waals surface area contributed by atoms with E-state index >= 15 is 0 Å². The molecule has 2 aromatic heterocycles. The summed E-state index contributed by atoms with van der Waals surface area (Å²) in [5.41, 5.74) is 5.42. The Bertz CT molecular complexity index is 1640. The molecular formula is C25H16Cl2N4O4. The zero-order chi connectivity index (χ0) is 24.5. The topological polar surface area (TPSA) is 103 Å². The van der Waals surface area contributed by atoms with E-state index in [0.29, 0.717) is 27.6 Å². The molecule has 5 aromatic rings. The molecule has 0 aliphatic heterocycles. The summed E-state index contributed by atoms with van der Waals surface area (Å²) in [4.78, 5) is 23.0. The second kappa shape index (κ2) is 9.25. The lowest BCUT2D eigenvalue weighted by molar-refractivity contribution is -0.384. The van der Waals surface area contributed by atoms with Gasteiger partial charge in [-0.05, 0) is 35.9 Å². The number of nitrogens with one attached hydrogen (secondary N) is 1. The number of carbonyl (C=O) groups excluding carboxylic acids is 1. The number of hydrazone groups is 1. The maximum atomic E-state index is 12.5. The van der Waals surface area contributed by atoms with Gasteiger partial charge in [0.2, 0.25) is 0 Å². The number of amides is 1. The second-order valence-electron chi connectivity index (χ2n) is 7.75. The fraction of sp³-hybridized carbons (Fsp3) is 0.0400. The van der Waals surface area contributed by atoms with Crippen molar-refractivity contribution in [2.24, 2.45) is 5.10 Å². The lowest BCUT2D eigenvalue weighted by Crippen LogP contribution is -2.16. The Hall–Kier alpha value is -4.14. The number of non-ortho nitro benzene ring substituents is 1. The van der Waals surface area contributed by atoms with E-state index in [1.54, 1.807) is 18.3 Å². The molecule has 0 spiro atoms. The Balaban J connectivity index is 1.37. The van der Waals surface area contributed by atoms with Crippen molar-refractivity contribution in [2.45, 2.75) is 6.54 Å². The first-order chi connectivity index (χ1) is 16.9. The Kier molecular flexibility index (Phi) is 5.98. The van der Waals surface area contributed by atoms with Crippen LogP contribution in [0.4, 0.5) is 5.69 Å². The molecule has 5 rings (SSSR count). The van der Waals surface area contributed by atoms with E-state index in [1.165, 1.54) is 24.3 Å². The van der Waals surface area contributed by atoms with Crippen LogP contribution >= 0.6 is 23.2 Å². The van der Waals surface area contributed by atoms with Crippen LogP contribution in [0.5, 0.6) is 0 Å². The molecule has 2 heterocycles. The fourth-order valence-corrected chi connectivity index (χ4v) is 4.28. The first kappa shape index (κ1) is 22.6. The molecule has 3 aromatic carbocycles. The van der Waals surface area contributed by atoms with Crippen LogP contribution in [0.15, 0.2) is 82.4 Å². The monoisotopic (exact) mass is 506 g/mol. The predicted molar refractivity (Wildman–Crippen MR) is 135 cm³/mol. The van der Waals surface area contributed by atoms with Crippen LogP contribution in [0.1, 0.15) is 21.7 Å². The normalized spacial score (nSPS) is 11.5. The zero-order valence-corrected chi connectivity index (χ0v) is 19.5. The van der Waals surface area contributed by atoms with E-state index in [0.717, 1.165) is 22.0 Å². The quantitative estimate of drug-likeness (QED) is 0.163. The van der Waals surface area contributed by atoms with Gasteiger partial charge >= 0.3 is 5.91 Å². The highest BCUT2D eigenvalue weighted by molar-refractivity contribution is 6.35. The molecule has 0 bridgehead atoms. The number of rotatable bonds is 6. The predicted octanol–water partition coefficient (Wildman–Crippen LogP) is 6.41. The smallest absolute Gasteiger partial charge is 0.307 e. The number of fused-ring (bicyclic) bond motifs is 2. The number of benzene rings is 3. The summed E-state index contributed by atoms with van der Waals surface area (Å²) in [6.07, 6.45) is 3.47. The van der Waals surface area contributed by atoms with Gasteiger partial charge < -0.3 is 8.98 Å². The number of carbonyl (C=O) groups is 1. The number of aromatic nitrogens is 1. The summed E-state index contributed by atoms with van der Waals surface area (Å²) in [6, 6.07) is 18.8. The van der Waals surface area contributed by atoms with E-state index in [9.17, 15) is 14.9 Å². The molecule has 0 saturated heterocycles. The Morgan fingerprint density at radius 3 is 2.74 bits per heavy atom. The van der Waals surface area contributed by atoms with Crippen molar-refractivity contribution in [1.29, 1.82) is 0 Å². The average Bonchev–Trinajstić information content (AvgIpc) is 3.42. The minimum absolute atomic E-state index is 0.00236. The highest BCUT2D eigenvalue weighted by Gasteiger charge is 2.15. The van der Waals surface area contributed by atoms with E-state index in [4.69, 9.17) is 27.6 Å². The molecular weight excluding hydrogens is 491 g/mol. The molecule has 0 saturated carbocycles. The van der Waals surface area contributed by atoms with Gasteiger partial charge in [0, 0.05) is 56.8 Å².